The molecule has 0 aromatic heterocycles. The minimum atomic E-state index is -0.792. The molecule has 6 heteroatoms. The van der Waals surface area contributed by atoms with E-state index >= 15 is 0 Å². The fourth-order valence-electron chi connectivity index (χ4n) is 10.3. The molecule has 0 aliphatic rings. The van der Waals surface area contributed by atoms with E-state index in [4.69, 9.17) is 14.2 Å². The van der Waals surface area contributed by atoms with Gasteiger partial charge in [-0.25, -0.2) is 0 Å². The van der Waals surface area contributed by atoms with Crippen molar-refractivity contribution in [3.8, 4) is 0 Å². The van der Waals surface area contributed by atoms with Crippen molar-refractivity contribution in [1.29, 1.82) is 0 Å². The van der Waals surface area contributed by atoms with Crippen molar-refractivity contribution in [2.45, 2.75) is 367 Å². The number of allylic oxidation sites excluding steroid dienone is 14. The second-order valence-electron chi connectivity index (χ2n) is 23.8. The highest BCUT2D eigenvalue weighted by atomic mass is 16.6. The van der Waals surface area contributed by atoms with Gasteiger partial charge in [0.25, 0.3) is 0 Å². The van der Waals surface area contributed by atoms with Crippen molar-refractivity contribution in [3.05, 3.63) is 85.1 Å². The highest BCUT2D eigenvalue weighted by Crippen LogP contribution is 2.18. The molecule has 0 saturated heterocycles. The molecule has 0 rings (SSSR count). The van der Waals surface area contributed by atoms with Crippen LogP contribution < -0.4 is 0 Å². The second kappa shape index (κ2) is 70.1. The minimum absolute atomic E-state index is 0.0842. The molecule has 0 aliphatic carbocycles. The van der Waals surface area contributed by atoms with Crippen molar-refractivity contribution in [3.63, 3.8) is 0 Å². The number of carbonyl (C=O) groups excluding carboxylic acids is 3. The molecule has 474 valence electrons. The van der Waals surface area contributed by atoms with E-state index < -0.39 is 6.10 Å². The molecule has 1 atom stereocenters. The van der Waals surface area contributed by atoms with Crippen LogP contribution in [0.5, 0.6) is 0 Å². The first-order valence-corrected chi connectivity index (χ1v) is 35.6. The summed E-state index contributed by atoms with van der Waals surface area (Å²) in [5.41, 5.74) is 0. The number of carbonyl (C=O) groups is 3. The predicted octanol–water partition coefficient (Wildman–Crippen LogP) is 24.6. The van der Waals surface area contributed by atoms with Crippen molar-refractivity contribution in [2.75, 3.05) is 13.2 Å². The number of unbranched alkanes of at least 4 members (excludes halogenated alkanes) is 40. The maximum Gasteiger partial charge on any atom is 0.306 e. The van der Waals surface area contributed by atoms with Crippen LogP contribution in [0, 0.1) is 0 Å². The molecule has 0 aromatic carbocycles. The van der Waals surface area contributed by atoms with Gasteiger partial charge in [0.15, 0.2) is 6.10 Å². The number of esters is 3. The molecule has 6 nitrogen and oxygen atoms in total. The van der Waals surface area contributed by atoms with E-state index in [-0.39, 0.29) is 31.1 Å². The largest absolute Gasteiger partial charge is 0.462 e. The maximum absolute atomic E-state index is 13.0. The zero-order valence-corrected chi connectivity index (χ0v) is 54.5. The highest BCUT2D eigenvalue weighted by molar-refractivity contribution is 5.71. The molecule has 0 saturated carbocycles. The summed E-state index contributed by atoms with van der Waals surface area (Å²) in [5, 5.41) is 0. The Morgan fingerprint density at radius 3 is 0.768 bits per heavy atom. The summed E-state index contributed by atoms with van der Waals surface area (Å²) in [5.74, 6) is -0.892. The molecule has 0 radical (unpaired) electrons. The monoisotopic (exact) mass is 1140 g/mol. The van der Waals surface area contributed by atoms with Crippen LogP contribution in [0.4, 0.5) is 0 Å². The Labute approximate surface area is 509 Å². The summed E-state index contributed by atoms with van der Waals surface area (Å²) in [7, 11) is 0. The zero-order chi connectivity index (χ0) is 59.2. The quantitative estimate of drug-likeness (QED) is 0.0261. The molecule has 0 fully saturated rings. The number of rotatable bonds is 65. The van der Waals surface area contributed by atoms with Gasteiger partial charge in [-0.3, -0.25) is 14.4 Å². The third-order valence-corrected chi connectivity index (χ3v) is 15.6. The molecular weight excluding hydrogens is 1010 g/mol. The van der Waals surface area contributed by atoms with Crippen molar-refractivity contribution < 1.29 is 28.6 Å². The molecule has 0 heterocycles. The van der Waals surface area contributed by atoms with E-state index in [9.17, 15) is 14.4 Å². The van der Waals surface area contributed by atoms with Gasteiger partial charge < -0.3 is 14.2 Å². The molecule has 0 spiro atoms. The third kappa shape index (κ3) is 67.4. The van der Waals surface area contributed by atoms with Crippen LogP contribution in [-0.2, 0) is 28.6 Å². The molecule has 0 bridgehead atoms. The summed E-state index contributed by atoms with van der Waals surface area (Å²) in [6.45, 7) is 6.53. The minimum Gasteiger partial charge on any atom is -0.462 e. The lowest BCUT2D eigenvalue weighted by Gasteiger charge is -2.18. The van der Waals surface area contributed by atoms with E-state index in [0.717, 1.165) is 122 Å². The van der Waals surface area contributed by atoms with Crippen LogP contribution in [-0.4, -0.2) is 37.2 Å². The average Bonchev–Trinajstić information content (AvgIpc) is 3.47. The maximum atomic E-state index is 13.0. The fourth-order valence-corrected chi connectivity index (χ4v) is 10.3. The Kier molecular flexibility index (Phi) is 67.2. The first kappa shape index (κ1) is 78.6. The molecule has 82 heavy (non-hydrogen) atoms. The van der Waals surface area contributed by atoms with E-state index in [2.05, 4.69) is 106 Å². The average molecular weight is 1140 g/mol. The number of ether oxygens (including phenoxy) is 3. The lowest BCUT2D eigenvalue weighted by molar-refractivity contribution is -0.167. The Balaban J connectivity index is 4.34. The van der Waals surface area contributed by atoms with Crippen LogP contribution in [0.3, 0.4) is 0 Å². The van der Waals surface area contributed by atoms with Crippen molar-refractivity contribution in [1.82, 2.24) is 0 Å². The molecule has 1 unspecified atom stereocenters. The summed E-state index contributed by atoms with van der Waals surface area (Å²) in [4.78, 5) is 38.5. The summed E-state index contributed by atoms with van der Waals surface area (Å²) in [6, 6.07) is 0. The topological polar surface area (TPSA) is 78.9 Å². The lowest BCUT2D eigenvalue weighted by Crippen LogP contribution is -2.30. The summed E-state index contributed by atoms with van der Waals surface area (Å²) in [6.07, 6.45) is 93.2. The third-order valence-electron chi connectivity index (χ3n) is 15.6. The van der Waals surface area contributed by atoms with Crippen molar-refractivity contribution in [2.24, 2.45) is 0 Å². The second-order valence-corrected chi connectivity index (χ2v) is 23.8. The van der Waals surface area contributed by atoms with Crippen LogP contribution in [0.15, 0.2) is 85.1 Å². The Morgan fingerprint density at radius 1 is 0.256 bits per heavy atom. The standard InChI is InChI=1S/C76H134O6/c1-4-7-10-13-16-19-22-25-28-31-33-35-36-37-38-39-41-42-45-48-51-54-57-60-63-66-69-75(78)81-72-73(71-80-74(77)68-65-62-59-56-53-50-47-44-30-27-24-21-18-15-12-9-6-3)82-76(79)70-67-64-61-58-55-52-49-46-43-40-34-32-29-26-23-20-17-14-11-8-5-2/h8,11,17-18,20-21,26-27,29-30,34,40,46,49,73H,4-7,9-10,12-16,19,22-25,28,31-33,35-39,41-45,47-48,50-72H2,1-3H3/b11-8-,20-17-,21-18-,29-26-,30-27-,40-34-,49-46-. The number of hydrogen-bond acceptors (Lipinski definition) is 6. The zero-order valence-electron chi connectivity index (χ0n) is 54.5. The van der Waals surface area contributed by atoms with Crippen LogP contribution in [0.1, 0.15) is 361 Å². The molecular formula is C76H134O6. The molecule has 0 N–H and O–H groups in total. The first-order chi connectivity index (χ1) is 40.5. The van der Waals surface area contributed by atoms with Gasteiger partial charge in [-0.1, -0.05) is 331 Å². The van der Waals surface area contributed by atoms with Gasteiger partial charge in [0, 0.05) is 19.3 Å². The van der Waals surface area contributed by atoms with Gasteiger partial charge in [-0.15, -0.1) is 0 Å². The lowest BCUT2D eigenvalue weighted by atomic mass is 10.0. The van der Waals surface area contributed by atoms with E-state index in [1.165, 1.54) is 199 Å². The van der Waals surface area contributed by atoms with Crippen LogP contribution >= 0.6 is 0 Å². The number of hydrogen-bond donors (Lipinski definition) is 0. The first-order valence-electron chi connectivity index (χ1n) is 35.6. The fraction of sp³-hybridized carbons (Fsp3) is 0.776. The Hall–Kier alpha value is -3.41. The Bertz CT molecular complexity index is 1550. The van der Waals surface area contributed by atoms with E-state index in [1.54, 1.807) is 0 Å². The normalized spacial score (nSPS) is 12.6. The molecule has 0 aliphatic heterocycles. The van der Waals surface area contributed by atoms with Crippen LogP contribution in [0.2, 0.25) is 0 Å². The van der Waals surface area contributed by atoms with Gasteiger partial charge in [-0.05, 0) is 96.3 Å². The molecule has 0 aromatic rings. The SMILES string of the molecule is CC/C=C\C/C=C\C/C=C\C/C=C\C/C=C\CCCCCCCC(=O)OC(COC(=O)CCCCCCCCC/C=C\C/C=C\CCCCC)COC(=O)CCCCCCCCCCCCCCCCCCCCCCCCCCCC. The highest BCUT2D eigenvalue weighted by Gasteiger charge is 2.19. The van der Waals surface area contributed by atoms with Gasteiger partial charge in [-0.2, -0.15) is 0 Å². The summed E-state index contributed by atoms with van der Waals surface area (Å²) >= 11 is 0. The van der Waals surface area contributed by atoms with Crippen molar-refractivity contribution >= 4 is 17.9 Å². The summed E-state index contributed by atoms with van der Waals surface area (Å²) < 4.78 is 17.0. The van der Waals surface area contributed by atoms with Gasteiger partial charge >= 0.3 is 17.9 Å². The smallest absolute Gasteiger partial charge is 0.306 e. The van der Waals surface area contributed by atoms with Gasteiger partial charge in [0.05, 0.1) is 0 Å². The van der Waals surface area contributed by atoms with Crippen LogP contribution in [0.25, 0.3) is 0 Å². The molecule has 0 amide bonds. The van der Waals surface area contributed by atoms with Gasteiger partial charge in [0.2, 0.25) is 0 Å². The Morgan fingerprint density at radius 2 is 0.476 bits per heavy atom. The van der Waals surface area contributed by atoms with Gasteiger partial charge in [0.1, 0.15) is 13.2 Å². The predicted molar refractivity (Wildman–Crippen MR) is 358 cm³/mol. The van der Waals surface area contributed by atoms with E-state index in [1.807, 2.05) is 0 Å². The van der Waals surface area contributed by atoms with E-state index in [0.29, 0.717) is 19.3 Å².